The lowest BCUT2D eigenvalue weighted by molar-refractivity contribution is 1.11. The summed E-state index contributed by atoms with van der Waals surface area (Å²) >= 11 is 15.2. The molecular formula is C12H9BrCl2N2. The van der Waals surface area contributed by atoms with Gasteiger partial charge in [-0.2, -0.15) is 0 Å². The molecule has 5 heteroatoms. The highest BCUT2D eigenvalue weighted by Gasteiger charge is 2.01. The number of hydrogen-bond donors (Lipinski definition) is 1. The maximum atomic E-state index is 6.07. The van der Waals surface area contributed by atoms with Gasteiger partial charge in [0.1, 0.15) is 5.82 Å². The van der Waals surface area contributed by atoms with E-state index in [1.54, 1.807) is 12.3 Å². The minimum absolute atomic E-state index is 0.616. The smallest absolute Gasteiger partial charge is 0.126 e. The Morgan fingerprint density at radius 1 is 1.18 bits per heavy atom. The molecule has 0 atom stereocenters. The lowest BCUT2D eigenvalue weighted by atomic mass is 10.2. The van der Waals surface area contributed by atoms with Crippen LogP contribution in [0.2, 0.25) is 10.0 Å². The molecule has 88 valence electrons. The van der Waals surface area contributed by atoms with Crippen molar-refractivity contribution < 1.29 is 0 Å². The zero-order chi connectivity index (χ0) is 12.3. The van der Waals surface area contributed by atoms with E-state index in [-0.39, 0.29) is 0 Å². The van der Waals surface area contributed by atoms with Gasteiger partial charge in [0.2, 0.25) is 0 Å². The van der Waals surface area contributed by atoms with E-state index in [9.17, 15) is 0 Å². The number of nitrogens with one attached hydrogen (secondary N) is 1. The van der Waals surface area contributed by atoms with Gasteiger partial charge in [-0.15, -0.1) is 0 Å². The zero-order valence-corrected chi connectivity index (χ0v) is 11.9. The first-order valence-electron chi connectivity index (χ1n) is 4.94. The lowest BCUT2D eigenvalue weighted by Gasteiger charge is -2.07. The van der Waals surface area contributed by atoms with Crippen LogP contribution in [-0.2, 0) is 6.54 Å². The van der Waals surface area contributed by atoms with Gasteiger partial charge >= 0.3 is 0 Å². The Morgan fingerprint density at radius 3 is 2.65 bits per heavy atom. The maximum Gasteiger partial charge on any atom is 0.126 e. The molecule has 0 fully saturated rings. The van der Waals surface area contributed by atoms with Crippen LogP contribution >= 0.6 is 39.1 Å². The summed E-state index contributed by atoms with van der Waals surface area (Å²) in [5.74, 6) is 0.805. The molecule has 0 radical (unpaired) electrons. The number of anilines is 1. The topological polar surface area (TPSA) is 24.9 Å². The molecule has 0 aliphatic rings. The Bertz CT molecular complexity index is 514. The molecule has 1 heterocycles. The van der Waals surface area contributed by atoms with E-state index < -0.39 is 0 Å². The van der Waals surface area contributed by atoms with Crippen LogP contribution in [-0.4, -0.2) is 4.98 Å². The Labute approximate surface area is 118 Å². The van der Waals surface area contributed by atoms with E-state index in [4.69, 9.17) is 23.2 Å². The number of benzene rings is 1. The summed E-state index contributed by atoms with van der Waals surface area (Å²) in [4.78, 5) is 4.21. The van der Waals surface area contributed by atoms with Crippen molar-refractivity contribution in [3.05, 3.63) is 56.6 Å². The normalized spacial score (nSPS) is 10.3. The van der Waals surface area contributed by atoms with Gasteiger partial charge in [-0.3, -0.25) is 0 Å². The summed E-state index contributed by atoms with van der Waals surface area (Å²) in [5, 5.41) is 4.48. The lowest BCUT2D eigenvalue weighted by Crippen LogP contribution is -2.01. The number of pyridine rings is 1. The van der Waals surface area contributed by atoms with Crippen molar-refractivity contribution in [2.24, 2.45) is 0 Å². The second-order valence-electron chi connectivity index (χ2n) is 3.45. The third kappa shape index (κ3) is 3.60. The minimum Gasteiger partial charge on any atom is -0.366 e. The first kappa shape index (κ1) is 12.7. The molecule has 17 heavy (non-hydrogen) atoms. The number of nitrogens with zero attached hydrogens (tertiary/aromatic N) is 1. The quantitative estimate of drug-likeness (QED) is 0.876. The molecule has 0 bridgehead atoms. The van der Waals surface area contributed by atoms with Gasteiger partial charge in [-0.1, -0.05) is 29.3 Å². The summed E-state index contributed by atoms with van der Waals surface area (Å²) in [6.07, 6.45) is 1.74. The number of hydrogen-bond acceptors (Lipinski definition) is 2. The van der Waals surface area contributed by atoms with Crippen LogP contribution in [0.15, 0.2) is 41.0 Å². The van der Waals surface area contributed by atoms with E-state index in [1.165, 1.54) is 0 Å². The third-order valence-electron chi connectivity index (χ3n) is 2.20. The van der Waals surface area contributed by atoms with Gasteiger partial charge in [0.05, 0.1) is 0 Å². The monoisotopic (exact) mass is 330 g/mol. The Hall–Kier alpha value is -0.770. The average Bonchev–Trinajstić information content (AvgIpc) is 2.30. The SMILES string of the molecule is Clc1ccc(CNc2ccc(Br)cn2)c(Cl)c1. The second kappa shape index (κ2) is 5.71. The largest absolute Gasteiger partial charge is 0.366 e. The van der Waals surface area contributed by atoms with Crippen LogP contribution in [0, 0.1) is 0 Å². The predicted octanol–water partition coefficient (Wildman–Crippen LogP) is 4.76. The van der Waals surface area contributed by atoms with Crippen molar-refractivity contribution in [2.45, 2.75) is 6.54 Å². The highest BCUT2D eigenvalue weighted by molar-refractivity contribution is 9.10. The average molecular weight is 332 g/mol. The molecule has 0 saturated heterocycles. The Morgan fingerprint density at radius 2 is 2.00 bits per heavy atom. The number of rotatable bonds is 3. The van der Waals surface area contributed by atoms with Crippen molar-refractivity contribution in [1.29, 1.82) is 0 Å². The highest BCUT2D eigenvalue weighted by Crippen LogP contribution is 2.21. The van der Waals surface area contributed by atoms with E-state index >= 15 is 0 Å². The molecule has 1 aromatic heterocycles. The van der Waals surface area contributed by atoms with E-state index in [2.05, 4.69) is 26.2 Å². The van der Waals surface area contributed by atoms with E-state index in [0.717, 1.165) is 15.9 Å². The molecule has 0 amide bonds. The first-order valence-corrected chi connectivity index (χ1v) is 6.49. The second-order valence-corrected chi connectivity index (χ2v) is 5.21. The standard InChI is InChI=1S/C12H9BrCl2N2/c13-9-2-4-12(17-7-9)16-6-8-1-3-10(14)5-11(8)15/h1-5,7H,6H2,(H,16,17). The van der Waals surface area contributed by atoms with E-state index in [0.29, 0.717) is 16.6 Å². The highest BCUT2D eigenvalue weighted by atomic mass is 79.9. The van der Waals surface area contributed by atoms with Crippen LogP contribution in [0.4, 0.5) is 5.82 Å². The molecule has 1 aromatic carbocycles. The molecule has 0 saturated carbocycles. The van der Waals surface area contributed by atoms with Crippen LogP contribution in [0.25, 0.3) is 0 Å². The predicted molar refractivity (Wildman–Crippen MR) is 75.7 cm³/mol. The van der Waals surface area contributed by atoms with Crippen LogP contribution in [0.1, 0.15) is 5.56 Å². The van der Waals surface area contributed by atoms with Gasteiger partial charge in [0, 0.05) is 27.3 Å². The summed E-state index contributed by atoms with van der Waals surface area (Å²) < 4.78 is 0.951. The third-order valence-corrected chi connectivity index (χ3v) is 3.26. The van der Waals surface area contributed by atoms with Gasteiger partial charge in [-0.25, -0.2) is 4.98 Å². The Balaban J connectivity index is 2.04. The summed E-state index contributed by atoms with van der Waals surface area (Å²) in [7, 11) is 0. The van der Waals surface area contributed by atoms with Crippen molar-refractivity contribution in [2.75, 3.05) is 5.32 Å². The van der Waals surface area contributed by atoms with Gasteiger partial charge < -0.3 is 5.32 Å². The fourth-order valence-corrected chi connectivity index (χ4v) is 2.04. The zero-order valence-electron chi connectivity index (χ0n) is 8.75. The molecule has 2 nitrogen and oxygen atoms in total. The van der Waals surface area contributed by atoms with Crippen molar-refractivity contribution in [1.82, 2.24) is 4.98 Å². The van der Waals surface area contributed by atoms with E-state index in [1.807, 2.05) is 24.3 Å². The van der Waals surface area contributed by atoms with Crippen LogP contribution < -0.4 is 5.32 Å². The number of aromatic nitrogens is 1. The molecule has 0 aliphatic carbocycles. The van der Waals surface area contributed by atoms with Crippen molar-refractivity contribution in [3.8, 4) is 0 Å². The summed E-state index contributed by atoms with van der Waals surface area (Å²) in [6, 6.07) is 9.28. The van der Waals surface area contributed by atoms with Crippen molar-refractivity contribution >= 4 is 44.9 Å². The van der Waals surface area contributed by atoms with Gasteiger partial charge in [0.15, 0.2) is 0 Å². The molecular weight excluding hydrogens is 323 g/mol. The fraction of sp³-hybridized carbons (Fsp3) is 0.0833. The van der Waals surface area contributed by atoms with Crippen molar-refractivity contribution in [3.63, 3.8) is 0 Å². The van der Waals surface area contributed by atoms with Crippen LogP contribution in [0.3, 0.4) is 0 Å². The molecule has 2 aromatic rings. The van der Waals surface area contributed by atoms with Gasteiger partial charge in [-0.05, 0) is 45.8 Å². The summed E-state index contributed by atoms with van der Waals surface area (Å²) in [5.41, 5.74) is 0.987. The van der Waals surface area contributed by atoms with Gasteiger partial charge in [0.25, 0.3) is 0 Å². The maximum absolute atomic E-state index is 6.07. The molecule has 0 aliphatic heterocycles. The Kier molecular flexibility index (Phi) is 4.26. The molecule has 0 spiro atoms. The number of halogens is 3. The first-order chi connectivity index (χ1) is 8.15. The molecule has 0 unspecified atom stereocenters. The minimum atomic E-state index is 0.616. The molecule has 1 N–H and O–H groups in total. The molecule has 2 rings (SSSR count). The fourth-order valence-electron chi connectivity index (χ4n) is 1.33. The summed E-state index contributed by atoms with van der Waals surface area (Å²) in [6.45, 7) is 0.616. The van der Waals surface area contributed by atoms with Crippen LogP contribution in [0.5, 0.6) is 0 Å².